The average Bonchev–Trinajstić information content (AvgIpc) is 1.99. The lowest BCUT2D eigenvalue weighted by Crippen LogP contribution is -2.23. The Morgan fingerprint density at radius 1 is 1.55 bits per heavy atom. The molecule has 0 rings (SSSR count). The standard InChI is InChI=1S/C8H15NO2/c1-6(2)7(9)4-5-8(10)11-3/h4-7H,9H2,1-3H3. The molecule has 0 aliphatic heterocycles. The second kappa shape index (κ2) is 4.91. The molecule has 0 radical (unpaired) electrons. The summed E-state index contributed by atoms with van der Waals surface area (Å²) < 4.78 is 4.40. The number of carbonyl (C=O) groups is 1. The van der Waals surface area contributed by atoms with Crippen molar-refractivity contribution < 1.29 is 9.53 Å². The van der Waals surface area contributed by atoms with Crippen LogP contribution in [0.15, 0.2) is 12.2 Å². The highest BCUT2D eigenvalue weighted by atomic mass is 16.5. The van der Waals surface area contributed by atoms with Crippen molar-refractivity contribution in [3.63, 3.8) is 0 Å². The molecule has 0 fully saturated rings. The monoisotopic (exact) mass is 157 g/mol. The number of nitrogens with two attached hydrogens (primary N) is 1. The highest BCUT2D eigenvalue weighted by Crippen LogP contribution is 1.98. The smallest absolute Gasteiger partial charge is 0.330 e. The molecule has 2 N–H and O–H groups in total. The zero-order valence-electron chi connectivity index (χ0n) is 7.20. The van der Waals surface area contributed by atoms with Crippen molar-refractivity contribution in [2.24, 2.45) is 11.7 Å². The predicted octanol–water partition coefficient (Wildman–Crippen LogP) is 0.699. The largest absolute Gasteiger partial charge is 0.466 e. The number of carbonyl (C=O) groups excluding carboxylic acids is 1. The maximum Gasteiger partial charge on any atom is 0.330 e. The molecule has 11 heavy (non-hydrogen) atoms. The molecule has 0 aromatic rings. The Bertz CT molecular complexity index is 152. The molecule has 0 aromatic heterocycles. The number of esters is 1. The SMILES string of the molecule is COC(=O)C=CC(N)C(C)C. The van der Waals surface area contributed by atoms with Gasteiger partial charge in [-0.05, 0) is 5.92 Å². The van der Waals surface area contributed by atoms with Crippen molar-refractivity contribution in [1.29, 1.82) is 0 Å². The first-order chi connectivity index (χ1) is 5.07. The van der Waals surface area contributed by atoms with Crippen LogP contribution in [0.3, 0.4) is 0 Å². The Kier molecular flexibility index (Phi) is 4.54. The van der Waals surface area contributed by atoms with Crippen LogP contribution in [0.2, 0.25) is 0 Å². The molecule has 0 amide bonds. The maximum absolute atomic E-state index is 10.6. The Morgan fingerprint density at radius 3 is 2.45 bits per heavy atom. The minimum atomic E-state index is -0.360. The van der Waals surface area contributed by atoms with Gasteiger partial charge in [0.15, 0.2) is 0 Å². The Balaban J connectivity index is 3.82. The summed E-state index contributed by atoms with van der Waals surface area (Å²) in [6.07, 6.45) is 3.00. The van der Waals surface area contributed by atoms with Crippen LogP contribution in [-0.4, -0.2) is 19.1 Å². The molecule has 3 nitrogen and oxygen atoms in total. The first kappa shape index (κ1) is 10.2. The highest BCUT2D eigenvalue weighted by Gasteiger charge is 2.02. The number of hydrogen-bond donors (Lipinski definition) is 1. The van der Waals surface area contributed by atoms with E-state index < -0.39 is 0 Å². The fourth-order valence-electron chi connectivity index (χ4n) is 0.480. The number of methoxy groups -OCH3 is 1. The summed E-state index contributed by atoms with van der Waals surface area (Å²) >= 11 is 0. The van der Waals surface area contributed by atoms with Crippen LogP contribution >= 0.6 is 0 Å². The molecule has 0 aromatic carbocycles. The second-order valence-corrected chi connectivity index (χ2v) is 2.70. The summed E-state index contributed by atoms with van der Waals surface area (Å²) in [5.74, 6) is -0.0167. The predicted molar refractivity (Wildman–Crippen MR) is 44.0 cm³/mol. The number of rotatable bonds is 3. The zero-order chi connectivity index (χ0) is 8.85. The summed E-state index contributed by atoms with van der Waals surface area (Å²) in [6, 6.07) is -0.0749. The zero-order valence-corrected chi connectivity index (χ0v) is 7.20. The van der Waals surface area contributed by atoms with Gasteiger partial charge >= 0.3 is 5.97 Å². The highest BCUT2D eigenvalue weighted by molar-refractivity contribution is 5.81. The number of hydrogen-bond acceptors (Lipinski definition) is 3. The van der Waals surface area contributed by atoms with Gasteiger partial charge in [0, 0.05) is 12.1 Å². The molecule has 0 heterocycles. The maximum atomic E-state index is 10.6. The van der Waals surface area contributed by atoms with Gasteiger partial charge in [0.1, 0.15) is 0 Å². The van der Waals surface area contributed by atoms with E-state index >= 15 is 0 Å². The normalized spacial score (nSPS) is 13.9. The van der Waals surface area contributed by atoms with E-state index in [1.165, 1.54) is 13.2 Å². The molecule has 0 saturated heterocycles. The van der Waals surface area contributed by atoms with Crippen molar-refractivity contribution in [2.75, 3.05) is 7.11 Å². The molecule has 0 spiro atoms. The molecule has 1 atom stereocenters. The van der Waals surface area contributed by atoms with Gasteiger partial charge in [0.05, 0.1) is 7.11 Å². The molecule has 0 aliphatic carbocycles. The molecule has 64 valence electrons. The lowest BCUT2D eigenvalue weighted by molar-refractivity contribution is -0.134. The van der Waals surface area contributed by atoms with E-state index in [1.54, 1.807) is 6.08 Å². The molecule has 0 aliphatic rings. The summed E-state index contributed by atoms with van der Waals surface area (Å²) in [5.41, 5.74) is 5.62. The van der Waals surface area contributed by atoms with E-state index in [1.807, 2.05) is 13.8 Å². The van der Waals surface area contributed by atoms with Crippen molar-refractivity contribution in [3.8, 4) is 0 Å². The van der Waals surface area contributed by atoms with Crippen LogP contribution in [0, 0.1) is 5.92 Å². The van der Waals surface area contributed by atoms with E-state index in [4.69, 9.17) is 5.73 Å². The Morgan fingerprint density at radius 2 is 2.09 bits per heavy atom. The van der Waals surface area contributed by atoms with Crippen molar-refractivity contribution in [3.05, 3.63) is 12.2 Å². The average molecular weight is 157 g/mol. The van der Waals surface area contributed by atoms with Crippen LogP contribution in [0.4, 0.5) is 0 Å². The van der Waals surface area contributed by atoms with Crippen LogP contribution in [0.1, 0.15) is 13.8 Å². The van der Waals surface area contributed by atoms with E-state index in [9.17, 15) is 4.79 Å². The van der Waals surface area contributed by atoms with Gasteiger partial charge in [-0.3, -0.25) is 0 Å². The second-order valence-electron chi connectivity index (χ2n) is 2.70. The van der Waals surface area contributed by atoms with Gasteiger partial charge in [-0.2, -0.15) is 0 Å². The van der Waals surface area contributed by atoms with Crippen LogP contribution < -0.4 is 5.73 Å². The third-order valence-electron chi connectivity index (χ3n) is 1.43. The first-order valence-corrected chi connectivity index (χ1v) is 3.59. The van der Waals surface area contributed by atoms with Crippen LogP contribution in [0.5, 0.6) is 0 Å². The van der Waals surface area contributed by atoms with Gasteiger partial charge in [-0.25, -0.2) is 4.79 Å². The minimum Gasteiger partial charge on any atom is -0.466 e. The van der Waals surface area contributed by atoms with Crippen LogP contribution in [0.25, 0.3) is 0 Å². The summed E-state index contributed by atoms with van der Waals surface area (Å²) in [7, 11) is 1.34. The van der Waals surface area contributed by atoms with E-state index in [0.29, 0.717) is 5.92 Å². The number of ether oxygens (including phenoxy) is 1. The van der Waals surface area contributed by atoms with Gasteiger partial charge < -0.3 is 10.5 Å². The molecular weight excluding hydrogens is 142 g/mol. The Hall–Kier alpha value is -0.830. The fraction of sp³-hybridized carbons (Fsp3) is 0.625. The molecule has 3 heteroatoms. The lowest BCUT2D eigenvalue weighted by atomic mass is 10.1. The summed E-state index contributed by atoms with van der Waals surface area (Å²) in [4.78, 5) is 10.6. The molecule has 0 bridgehead atoms. The molecule has 0 saturated carbocycles. The van der Waals surface area contributed by atoms with Gasteiger partial charge in [0.2, 0.25) is 0 Å². The fourth-order valence-corrected chi connectivity index (χ4v) is 0.480. The van der Waals surface area contributed by atoms with E-state index in [0.717, 1.165) is 0 Å². The quantitative estimate of drug-likeness (QED) is 0.484. The third-order valence-corrected chi connectivity index (χ3v) is 1.43. The van der Waals surface area contributed by atoms with Gasteiger partial charge in [-0.15, -0.1) is 0 Å². The summed E-state index contributed by atoms with van der Waals surface area (Å²) in [5, 5.41) is 0. The molecule has 1 unspecified atom stereocenters. The lowest BCUT2D eigenvalue weighted by Gasteiger charge is -2.08. The third kappa shape index (κ3) is 4.56. The van der Waals surface area contributed by atoms with Crippen molar-refractivity contribution >= 4 is 5.97 Å². The van der Waals surface area contributed by atoms with Crippen molar-refractivity contribution in [1.82, 2.24) is 0 Å². The van der Waals surface area contributed by atoms with Gasteiger partial charge in [-0.1, -0.05) is 19.9 Å². The minimum absolute atomic E-state index is 0.0749. The van der Waals surface area contributed by atoms with E-state index in [2.05, 4.69) is 4.74 Å². The van der Waals surface area contributed by atoms with Crippen LogP contribution in [-0.2, 0) is 9.53 Å². The summed E-state index contributed by atoms with van der Waals surface area (Å²) in [6.45, 7) is 3.98. The van der Waals surface area contributed by atoms with E-state index in [-0.39, 0.29) is 12.0 Å². The Labute approximate surface area is 67.2 Å². The van der Waals surface area contributed by atoms with Gasteiger partial charge in [0.25, 0.3) is 0 Å². The van der Waals surface area contributed by atoms with Crippen molar-refractivity contribution in [2.45, 2.75) is 19.9 Å². The topological polar surface area (TPSA) is 52.3 Å². The first-order valence-electron chi connectivity index (χ1n) is 3.59. The molecular formula is C8H15NO2.